The van der Waals surface area contributed by atoms with Gasteiger partial charge in [-0.1, -0.05) is 47.7 Å². The number of benzene rings is 3. The van der Waals surface area contributed by atoms with Crippen molar-refractivity contribution in [3.63, 3.8) is 0 Å². The third-order valence-corrected chi connectivity index (χ3v) is 7.04. The Labute approximate surface area is 209 Å². The summed E-state index contributed by atoms with van der Waals surface area (Å²) < 4.78 is 11.8. The van der Waals surface area contributed by atoms with Crippen LogP contribution in [0.1, 0.15) is 16.1 Å². The van der Waals surface area contributed by atoms with Crippen LogP contribution in [0, 0.1) is 0 Å². The van der Waals surface area contributed by atoms with Crippen LogP contribution in [0.5, 0.6) is 5.75 Å². The molecule has 1 amide bonds. The molecule has 3 aromatic heterocycles. The number of pyridine rings is 1. The lowest BCUT2D eigenvalue weighted by molar-refractivity contribution is 0.0981. The summed E-state index contributed by atoms with van der Waals surface area (Å²) >= 11 is 1.36. The molecule has 3 heterocycles. The van der Waals surface area contributed by atoms with Gasteiger partial charge in [-0.2, -0.15) is 0 Å². The van der Waals surface area contributed by atoms with Crippen molar-refractivity contribution in [2.24, 2.45) is 0 Å². The zero-order chi connectivity index (χ0) is 24.6. The van der Waals surface area contributed by atoms with Crippen LogP contribution in [-0.2, 0) is 6.54 Å². The Bertz CT molecular complexity index is 1810. The van der Waals surface area contributed by atoms with Crippen molar-refractivity contribution in [2.75, 3.05) is 12.0 Å². The molecule has 0 N–H and O–H groups in total. The standard InChI is InChI=1S/C28H19N3O4S/c1-34-19-10-12-25-23(14-19)30-28(36-25)31(16-18-7-4-5-13-29-18)26(32)22-15-21-20-8-3-2-6-17(20)9-11-24(21)35-27(22)33/h2-15H,16H2,1H3. The summed E-state index contributed by atoms with van der Waals surface area (Å²) in [6, 6.07) is 24.1. The number of ether oxygens (including phenoxy) is 1. The third kappa shape index (κ3) is 3.87. The zero-order valence-electron chi connectivity index (χ0n) is 19.2. The summed E-state index contributed by atoms with van der Waals surface area (Å²) in [5.41, 5.74) is 1.03. The van der Waals surface area contributed by atoms with Gasteiger partial charge in [-0.3, -0.25) is 14.7 Å². The van der Waals surface area contributed by atoms with Crippen LogP contribution < -0.4 is 15.3 Å². The summed E-state index contributed by atoms with van der Waals surface area (Å²) in [4.78, 5) is 37.5. The van der Waals surface area contributed by atoms with E-state index in [1.807, 2.05) is 66.7 Å². The first-order chi connectivity index (χ1) is 17.6. The Morgan fingerprint density at radius 1 is 1.00 bits per heavy atom. The Balaban J connectivity index is 1.51. The number of nitrogens with zero attached hydrogens (tertiary/aromatic N) is 3. The molecule has 0 radical (unpaired) electrons. The number of carbonyl (C=O) groups is 1. The number of rotatable bonds is 5. The maximum Gasteiger partial charge on any atom is 0.349 e. The highest BCUT2D eigenvalue weighted by Crippen LogP contribution is 2.33. The highest BCUT2D eigenvalue weighted by molar-refractivity contribution is 7.22. The average molecular weight is 494 g/mol. The second-order valence-electron chi connectivity index (χ2n) is 8.19. The van der Waals surface area contributed by atoms with Crippen molar-refractivity contribution in [1.82, 2.24) is 9.97 Å². The first-order valence-electron chi connectivity index (χ1n) is 11.2. The third-order valence-electron chi connectivity index (χ3n) is 5.98. The Hall–Kier alpha value is -4.56. The number of anilines is 1. The molecule has 0 aliphatic heterocycles. The quantitative estimate of drug-likeness (QED) is 0.223. The van der Waals surface area contributed by atoms with Crippen molar-refractivity contribution in [2.45, 2.75) is 6.54 Å². The van der Waals surface area contributed by atoms with Gasteiger partial charge in [0.1, 0.15) is 16.9 Å². The smallest absolute Gasteiger partial charge is 0.349 e. The maximum atomic E-state index is 13.9. The largest absolute Gasteiger partial charge is 0.497 e. The average Bonchev–Trinajstić information content (AvgIpc) is 3.34. The summed E-state index contributed by atoms with van der Waals surface area (Å²) in [5.74, 6) is 0.166. The monoisotopic (exact) mass is 493 g/mol. The highest BCUT2D eigenvalue weighted by Gasteiger charge is 2.26. The molecule has 0 bridgehead atoms. The van der Waals surface area contributed by atoms with Crippen LogP contribution in [0.4, 0.5) is 5.13 Å². The molecular formula is C28H19N3O4S. The van der Waals surface area contributed by atoms with Crippen LogP contribution in [0.3, 0.4) is 0 Å². The summed E-state index contributed by atoms with van der Waals surface area (Å²) in [6.07, 6.45) is 1.66. The molecule has 6 aromatic rings. The molecule has 176 valence electrons. The van der Waals surface area contributed by atoms with Crippen LogP contribution in [0.2, 0.25) is 0 Å². The minimum absolute atomic E-state index is 0.0633. The van der Waals surface area contributed by atoms with E-state index in [9.17, 15) is 9.59 Å². The van der Waals surface area contributed by atoms with Crippen molar-refractivity contribution in [3.05, 3.63) is 107 Å². The van der Waals surface area contributed by atoms with Crippen LogP contribution in [0.15, 0.2) is 94.3 Å². The minimum Gasteiger partial charge on any atom is -0.497 e. The van der Waals surface area contributed by atoms with E-state index in [1.165, 1.54) is 16.2 Å². The van der Waals surface area contributed by atoms with Gasteiger partial charge in [-0.25, -0.2) is 9.78 Å². The van der Waals surface area contributed by atoms with E-state index in [0.717, 1.165) is 15.5 Å². The number of methoxy groups -OCH3 is 1. The van der Waals surface area contributed by atoms with Gasteiger partial charge in [-0.05, 0) is 47.2 Å². The first kappa shape index (κ1) is 21.9. The van der Waals surface area contributed by atoms with E-state index in [1.54, 1.807) is 25.4 Å². The molecule has 7 nitrogen and oxygen atoms in total. The van der Waals surface area contributed by atoms with Crippen molar-refractivity contribution < 1.29 is 13.9 Å². The molecule has 0 aliphatic carbocycles. The predicted octanol–water partition coefficient (Wildman–Crippen LogP) is 5.81. The Morgan fingerprint density at radius 3 is 2.69 bits per heavy atom. The molecule has 3 aromatic carbocycles. The molecule has 0 saturated heterocycles. The molecular weight excluding hydrogens is 474 g/mol. The summed E-state index contributed by atoms with van der Waals surface area (Å²) in [5, 5.41) is 3.04. The molecule has 0 aliphatic rings. The molecule has 0 fully saturated rings. The number of fused-ring (bicyclic) bond motifs is 4. The fourth-order valence-electron chi connectivity index (χ4n) is 4.18. The van der Waals surface area contributed by atoms with E-state index in [-0.39, 0.29) is 12.1 Å². The number of hydrogen-bond donors (Lipinski definition) is 0. The highest BCUT2D eigenvalue weighted by atomic mass is 32.1. The molecule has 0 unspecified atom stereocenters. The fourth-order valence-corrected chi connectivity index (χ4v) is 5.13. The number of thiazole rings is 1. The second-order valence-corrected chi connectivity index (χ2v) is 9.20. The summed E-state index contributed by atoms with van der Waals surface area (Å²) in [6.45, 7) is 0.143. The van der Waals surface area contributed by atoms with E-state index >= 15 is 0 Å². The molecule has 0 saturated carbocycles. The van der Waals surface area contributed by atoms with Gasteiger partial charge in [0.2, 0.25) is 0 Å². The van der Waals surface area contributed by atoms with Gasteiger partial charge in [0.05, 0.1) is 29.6 Å². The van der Waals surface area contributed by atoms with Crippen molar-refractivity contribution in [3.8, 4) is 5.75 Å². The number of amides is 1. The number of carbonyl (C=O) groups excluding carboxylic acids is 1. The van der Waals surface area contributed by atoms with Gasteiger partial charge in [0, 0.05) is 17.6 Å². The van der Waals surface area contributed by atoms with Crippen molar-refractivity contribution in [1.29, 1.82) is 0 Å². The van der Waals surface area contributed by atoms with E-state index in [2.05, 4.69) is 9.97 Å². The van der Waals surface area contributed by atoms with Gasteiger partial charge in [-0.15, -0.1) is 0 Å². The SMILES string of the molecule is COc1ccc2sc(N(Cc3ccccn3)C(=O)c3cc4c(ccc5ccccc54)oc3=O)nc2c1. The topological polar surface area (TPSA) is 85.5 Å². The lowest BCUT2D eigenvalue weighted by Gasteiger charge is -2.19. The molecule has 6 rings (SSSR count). The second kappa shape index (κ2) is 8.90. The molecule has 0 atom stereocenters. The lowest BCUT2D eigenvalue weighted by atomic mass is 10.0. The van der Waals surface area contributed by atoms with Crippen LogP contribution >= 0.6 is 11.3 Å². The number of hydrogen-bond acceptors (Lipinski definition) is 7. The minimum atomic E-state index is -0.698. The van der Waals surface area contributed by atoms with Gasteiger partial charge < -0.3 is 9.15 Å². The van der Waals surface area contributed by atoms with Gasteiger partial charge in [0.25, 0.3) is 5.91 Å². The lowest BCUT2D eigenvalue weighted by Crippen LogP contribution is -2.34. The molecule has 8 heteroatoms. The predicted molar refractivity (Wildman–Crippen MR) is 141 cm³/mol. The van der Waals surface area contributed by atoms with Gasteiger partial charge in [0.15, 0.2) is 5.13 Å². The van der Waals surface area contributed by atoms with E-state index < -0.39 is 11.5 Å². The fraction of sp³-hybridized carbons (Fsp3) is 0.0714. The van der Waals surface area contributed by atoms with E-state index in [0.29, 0.717) is 33.1 Å². The molecule has 36 heavy (non-hydrogen) atoms. The maximum absolute atomic E-state index is 13.9. The summed E-state index contributed by atoms with van der Waals surface area (Å²) in [7, 11) is 1.59. The number of aromatic nitrogens is 2. The Morgan fingerprint density at radius 2 is 1.86 bits per heavy atom. The normalized spacial score (nSPS) is 11.2. The first-order valence-corrected chi connectivity index (χ1v) is 12.0. The van der Waals surface area contributed by atoms with Crippen molar-refractivity contribution >= 4 is 54.3 Å². The van der Waals surface area contributed by atoms with E-state index in [4.69, 9.17) is 9.15 Å². The Kier molecular flexibility index (Phi) is 5.42. The zero-order valence-corrected chi connectivity index (χ0v) is 20.0. The van der Waals surface area contributed by atoms with Gasteiger partial charge >= 0.3 is 5.63 Å². The van der Waals surface area contributed by atoms with Crippen LogP contribution in [0.25, 0.3) is 32.0 Å². The molecule has 0 spiro atoms. The van der Waals surface area contributed by atoms with Crippen LogP contribution in [-0.4, -0.2) is 23.0 Å².